The van der Waals surface area contributed by atoms with Gasteiger partial charge in [0, 0.05) is 13.7 Å². The fourth-order valence-corrected chi connectivity index (χ4v) is 1.60. The Bertz CT molecular complexity index is 331. The van der Waals surface area contributed by atoms with Crippen LogP contribution in [0.4, 0.5) is 5.82 Å². The molecule has 0 aliphatic carbocycles. The maximum Gasteiger partial charge on any atom is 0.156 e. The Morgan fingerprint density at radius 1 is 1.40 bits per heavy atom. The number of aryl methyl sites for hydroxylation is 1. The molecule has 1 N–H and O–H groups in total. The van der Waals surface area contributed by atoms with Crippen molar-refractivity contribution in [3.63, 3.8) is 0 Å². The van der Waals surface area contributed by atoms with Gasteiger partial charge in [-0.1, -0.05) is 6.92 Å². The van der Waals surface area contributed by atoms with Crippen molar-refractivity contribution in [2.75, 3.05) is 19.0 Å². The van der Waals surface area contributed by atoms with Crippen molar-refractivity contribution in [2.45, 2.75) is 26.9 Å². The molecule has 84 valence electrons. The second-order valence-electron chi connectivity index (χ2n) is 3.25. The van der Waals surface area contributed by atoms with Crippen molar-refractivity contribution in [2.24, 2.45) is 0 Å². The fraction of sp³-hybridized carbons (Fsp3) is 0.600. The first-order valence-electron chi connectivity index (χ1n) is 4.94. The SMILES string of the molecule is CCCNc1nc(COC)nc(C)c1I. The summed E-state index contributed by atoms with van der Waals surface area (Å²) in [5, 5.41) is 3.29. The Hall–Kier alpha value is -0.430. The molecule has 0 fully saturated rings. The van der Waals surface area contributed by atoms with Gasteiger partial charge in [-0.05, 0) is 35.9 Å². The summed E-state index contributed by atoms with van der Waals surface area (Å²) in [6, 6.07) is 0. The number of methoxy groups -OCH3 is 1. The topological polar surface area (TPSA) is 47.0 Å². The van der Waals surface area contributed by atoms with Gasteiger partial charge in [-0.15, -0.1) is 0 Å². The van der Waals surface area contributed by atoms with Crippen molar-refractivity contribution in [1.29, 1.82) is 0 Å². The molecule has 0 atom stereocenters. The number of hydrogen-bond donors (Lipinski definition) is 1. The van der Waals surface area contributed by atoms with E-state index in [0.29, 0.717) is 6.61 Å². The number of nitrogens with zero attached hydrogens (tertiary/aromatic N) is 2. The summed E-state index contributed by atoms with van der Waals surface area (Å²) < 4.78 is 6.11. The van der Waals surface area contributed by atoms with E-state index in [2.05, 4.69) is 44.8 Å². The van der Waals surface area contributed by atoms with E-state index in [-0.39, 0.29) is 0 Å². The van der Waals surface area contributed by atoms with Crippen molar-refractivity contribution in [1.82, 2.24) is 9.97 Å². The Labute approximate surface area is 104 Å². The van der Waals surface area contributed by atoms with Crippen LogP contribution in [0.1, 0.15) is 24.9 Å². The zero-order valence-electron chi connectivity index (χ0n) is 9.30. The number of aromatic nitrogens is 2. The molecular formula is C10H16IN3O. The van der Waals surface area contributed by atoms with E-state index >= 15 is 0 Å². The maximum atomic E-state index is 5.03. The minimum atomic E-state index is 0.457. The molecular weight excluding hydrogens is 305 g/mol. The van der Waals surface area contributed by atoms with Crippen LogP contribution in [0.25, 0.3) is 0 Å². The van der Waals surface area contributed by atoms with Gasteiger partial charge in [-0.2, -0.15) is 0 Å². The summed E-state index contributed by atoms with van der Waals surface area (Å²) in [6.45, 7) is 5.50. The van der Waals surface area contributed by atoms with Crippen LogP contribution in [-0.4, -0.2) is 23.6 Å². The first-order valence-corrected chi connectivity index (χ1v) is 6.02. The Kier molecular flexibility index (Phi) is 5.24. The van der Waals surface area contributed by atoms with Crippen LogP contribution in [0.3, 0.4) is 0 Å². The predicted molar refractivity (Wildman–Crippen MR) is 69.0 cm³/mol. The largest absolute Gasteiger partial charge is 0.377 e. The molecule has 15 heavy (non-hydrogen) atoms. The molecule has 0 aliphatic heterocycles. The average Bonchev–Trinajstić information content (AvgIpc) is 2.21. The van der Waals surface area contributed by atoms with E-state index in [1.54, 1.807) is 7.11 Å². The van der Waals surface area contributed by atoms with Crippen LogP contribution in [-0.2, 0) is 11.3 Å². The molecule has 0 unspecified atom stereocenters. The lowest BCUT2D eigenvalue weighted by Crippen LogP contribution is -2.09. The van der Waals surface area contributed by atoms with Crippen molar-refractivity contribution < 1.29 is 4.74 Å². The van der Waals surface area contributed by atoms with Gasteiger partial charge < -0.3 is 10.1 Å². The first-order chi connectivity index (χ1) is 7.19. The molecule has 1 heterocycles. The van der Waals surface area contributed by atoms with Crippen molar-refractivity contribution >= 4 is 28.4 Å². The molecule has 0 saturated heterocycles. The van der Waals surface area contributed by atoms with Crippen molar-refractivity contribution in [3.8, 4) is 0 Å². The Morgan fingerprint density at radius 3 is 2.73 bits per heavy atom. The monoisotopic (exact) mass is 321 g/mol. The second kappa shape index (κ2) is 6.22. The second-order valence-corrected chi connectivity index (χ2v) is 4.33. The number of anilines is 1. The zero-order valence-corrected chi connectivity index (χ0v) is 11.5. The lowest BCUT2D eigenvalue weighted by Gasteiger charge is -2.10. The highest BCUT2D eigenvalue weighted by Gasteiger charge is 2.08. The average molecular weight is 321 g/mol. The number of nitrogens with one attached hydrogen (secondary N) is 1. The molecule has 0 amide bonds. The van der Waals surface area contributed by atoms with E-state index in [9.17, 15) is 0 Å². The van der Waals surface area contributed by atoms with Gasteiger partial charge in [-0.3, -0.25) is 0 Å². The Morgan fingerprint density at radius 2 is 2.13 bits per heavy atom. The molecule has 0 aromatic carbocycles. The normalized spacial score (nSPS) is 10.4. The highest BCUT2D eigenvalue weighted by molar-refractivity contribution is 14.1. The number of hydrogen-bond acceptors (Lipinski definition) is 4. The smallest absolute Gasteiger partial charge is 0.156 e. The van der Waals surface area contributed by atoms with Gasteiger partial charge in [0.1, 0.15) is 12.4 Å². The highest BCUT2D eigenvalue weighted by Crippen LogP contribution is 2.18. The van der Waals surface area contributed by atoms with Gasteiger partial charge >= 0.3 is 0 Å². The van der Waals surface area contributed by atoms with Gasteiger partial charge in [0.25, 0.3) is 0 Å². The Balaban J connectivity index is 2.91. The quantitative estimate of drug-likeness (QED) is 0.846. The van der Waals surface area contributed by atoms with E-state index in [0.717, 1.165) is 33.9 Å². The van der Waals surface area contributed by atoms with Crippen LogP contribution < -0.4 is 5.32 Å². The molecule has 0 saturated carbocycles. The number of halogens is 1. The summed E-state index contributed by atoms with van der Waals surface area (Å²) >= 11 is 2.26. The molecule has 1 aromatic rings. The van der Waals surface area contributed by atoms with Crippen LogP contribution in [0.2, 0.25) is 0 Å². The third-order valence-corrected chi connectivity index (χ3v) is 3.17. The number of rotatable bonds is 5. The highest BCUT2D eigenvalue weighted by atomic mass is 127. The van der Waals surface area contributed by atoms with Gasteiger partial charge in [-0.25, -0.2) is 9.97 Å². The first kappa shape index (κ1) is 12.6. The maximum absolute atomic E-state index is 5.03. The number of ether oxygens (including phenoxy) is 1. The summed E-state index contributed by atoms with van der Waals surface area (Å²) in [7, 11) is 1.65. The third-order valence-electron chi connectivity index (χ3n) is 1.88. The molecule has 0 spiro atoms. The molecule has 1 aromatic heterocycles. The molecule has 0 bridgehead atoms. The van der Waals surface area contributed by atoms with Gasteiger partial charge in [0.15, 0.2) is 5.82 Å². The molecule has 4 nitrogen and oxygen atoms in total. The van der Waals surface area contributed by atoms with Crippen LogP contribution >= 0.6 is 22.6 Å². The summed E-state index contributed by atoms with van der Waals surface area (Å²) in [5.41, 5.74) is 0.997. The van der Waals surface area contributed by atoms with E-state index in [1.807, 2.05) is 6.92 Å². The van der Waals surface area contributed by atoms with E-state index in [4.69, 9.17) is 4.74 Å². The molecule has 0 radical (unpaired) electrons. The van der Waals surface area contributed by atoms with Crippen LogP contribution in [0.15, 0.2) is 0 Å². The zero-order chi connectivity index (χ0) is 11.3. The van der Waals surface area contributed by atoms with Crippen LogP contribution in [0.5, 0.6) is 0 Å². The van der Waals surface area contributed by atoms with Crippen molar-refractivity contribution in [3.05, 3.63) is 15.1 Å². The van der Waals surface area contributed by atoms with Gasteiger partial charge in [0.2, 0.25) is 0 Å². The molecule has 0 aliphatic rings. The molecule has 5 heteroatoms. The summed E-state index contributed by atoms with van der Waals surface area (Å²) in [5.74, 6) is 1.64. The lowest BCUT2D eigenvalue weighted by atomic mass is 10.4. The summed E-state index contributed by atoms with van der Waals surface area (Å²) in [4.78, 5) is 8.75. The standard InChI is InChI=1S/C10H16IN3O/c1-4-5-12-10-9(11)7(2)13-8(14-10)6-15-3/h4-6H2,1-3H3,(H,12,13,14). The third kappa shape index (κ3) is 3.57. The molecule has 1 rings (SSSR count). The lowest BCUT2D eigenvalue weighted by molar-refractivity contribution is 0.177. The minimum Gasteiger partial charge on any atom is -0.377 e. The minimum absolute atomic E-state index is 0.457. The predicted octanol–water partition coefficient (Wildman–Crippen LogP) is 2.36. The fourth-order valence-electron chi connectivity index (χ4n) is 1.17. The van der Waals surface area contributed by atoms with E-state index < -0.39 is 0 Å². The van der Waals surface area contributed by atoms with E-state index in [1.165, 1.54) is 0 Å². The van der Waals surface area contributed by atoms with Gasteiger partial charge in [0.05, 0.1) is 9.26 Å². The van der Waals surface area contributed by atoms with Crippen LogP contribution in [0, 0.1) is 10.5 Å². The summed E-state index contributed by atoms with van der Waals surface area (Å²) in [6.07, 6.45) is 1.08.